The Morgan fingerprint density at radius 3 is 2.62 bits per heavy atom. The molecule has 1 amide bonds. The topological polar surface area (TPSA) is 72.9 Å². The van der Waals surface area contributed by atoms with Crippen LogP contribution in [-0.4, -0.2) is 21.7 Å². The summed E-state index contributed by atoms with van der Waals surface area (Å²) in [5, 5.41) is 7.31. The maximum absolute atomic E-state index is 11.6. The lowest BCUT2D eigenvalue weighted by Crippen LogP contribution is -2.38. The highest BCUT2D eigenvalue weighted by molar-refractivity contribution is 5.85. The van der Waals surface area contributed by atoms with E-state index in [1.165, 1.54) is 0 Å². The zero-order chi connectivity index (χ0) is 14.7. The molecule has 0 saturated carbocycles. The van der Waals surface area contributed by atoms with E-state index in [0.29, 0.717) is 6.54 Å². The number of nitrogens with one attached hydrogen (secondary N) is 1. The van der Waals surface area contributed by atoms with Gasteiger partial charge in [-0.1, -0.05) is 18.2 Å². The van der Waals surface area contributed by atoms with Gasteiger partial charge in [-0.15, -0.1) is 12.4 Å². The van der Waals surface area contributed by atoms with Crippen LogP contribution in [-0.2, 0) is 11.3 Å². The van der Waals surface area contributed by atoms with Crippen molar-refractivity contribution in [2.24, 2.45) is 5.73 Å². The van der Waals surface area contributed by atoms with Crippen molar-refractivity contribution in [1.82, 2.24) is 15.1 Å². The summed E-state index contributed by atoms with van der Waals surface area (Å²) in [6, 6.07) is 9.40. The van der Waals surface area contributed by atoms with E-state index in [4.69, 9.17) is 5.73 Å². The summed E-state index contributed by atoms with van der Waals surface area (Å²) in [6.45, 7) is 6.08. The second kappa shape index (κ2) is 7.24. The minimum atomic E-state index is -0.504. The monoisotopic (exact) mass is 308 g/mol. The lowest BCUT2D eigenvalue weighted by molar-refractivity contribution is -0.122. The third-order valence-corrected chi connectivity index (χ3v) is 3.10. The van der Waals surface area contributed by atoms with Gasteiger partial charge in [0, 0.05) is 12.2 Å². The number of carbonyl (C=O) groups excluding carboxylic acids is 1. The SMILES string of the molecule is Cc1cc(C)n(-c2ccccc2CNC(=O)[C@H](C)N)n1.Cl. The highest BCUT2D eigenvalue weighted by atomic mass is 35.5. The second-order valence-electron chi connectivity index (χ2n) is 4.97. The molecule has 0 spiro atoms. The fraction of sp³-hybridized carbons (Fsp3) is 0.333. The number of aryl methyl sites for hydroxylation is 2. The fourth-order valence-corrected chi connectivity index (χ4v) is 2.08. The Hall–Kier alpha value is -1.85. The molecule has 0 radical (unpaired) electrons. The number of halogens is 1. The molecule has 1 heterocycles. The molecule has 114 valence electrons. The Morgan fingerprint density at radius 2 is 2.05 bits per heavy atom. The van der Waals surface area contributed by atoms with E-state index < -0.39 is 6.04 Å². The molecule has 2 aromatic rings. The normalized spacial score (nSPS) is 11.6. The summed E-state index contributed by atoms with van der Waals surface area (Å²) >= 11 is 0. The van der Waals surface area contributed by atoms with Crippen LogP contribution < -0.4 is 11.1 Å². The Morgan fingerprint density at radius 1 is 1.38 bits per heavy atom. The van der Waals surface area contributed by atoms with Crippen molar-refractivity contribution in [3.63, 3.8) is 0 Å². The molecule has 0 bridgehead atoms. The average molecular weight is 309 g/mol. The van der Waals surface area contributed by atoms with Crippen LogP contribution in [0, 0.1) is 13.8 Å². The lowest BCUT2D eigenvalue weighted by Gasteiger charge is -2.13. The molecule has 1 aromatic heterocycles. The van der Waals surface area contributed by atoms with Gasteiger partial charge >= 0.3 is 0 Å². The molecular formula is C15H21ClN4O. The van der Waals surface area contributed by atoms with Crippen LogP contribution in [0.25, 0.3) is 5.69 Å². The maximum atomic E-state index is 11.6. The van der Waals surface area contributed by atoms with Crippen molar-refractivity contribution in [1.29, 1.82) is 0 Å². The number of benzene rings is 1. The highest BCUT2D eigenvalue weighted by Gasteiger charge is 2.11. The van der Waals surface area contributed by atoms with Gasteiger partial charge in [-0.3, -0.25) is 4.79 Å². The molecule has 3 N–H and O–H groups in total. The molecule has 0 saturated heterocycles. The van der Waals surface area contributed by atoms with Gasteiger partial charge in [-0.2, -0.15) is 5.10 Å². The summed E-state index contributed by atoms with van der Waals surface area (Å²) in [5.74, 6) is -0.159. The van der Waals surface area contributed by atoms with Crippen LogP contribution in [0.2, 0.25) is 0 Å². The van der Waals surface area contributed by atoms with E-state index in [0.717, 1.165) is 22.6 Å². The first-order valence-corrected chi connectivity index (χ1v) is 6.64. The minimum absolute atomic E-state index is 0. The first kappa shape index (κ1) is 17.2. The number of hydrogen-bond acceptors (Lipinski definition) is 3. The molecule has 0 aliphatic heterocycles. The molecule has 1 atom stereocenters. The summed E-state index contributed by atoms with van der Waals surface area (Å²) in [6.07, 6.45) is 0. The smallest absolute Gasteiger partial charge is 0.236 e. The standard InChI is InChI=1S/C15H20N4O.ClH/c1-10-8-11(2)19(18-10)14-7-5-4-6-13(14)9-17-15(20)12(3)16;/h4-8,12H,9,16H2,1-3H3,(H,17,20);1H/t12-;/m0./s1. The maximum Gasteiger partial charge on any atom is 0.236 e. The molecule has 0 unspecified atom stereocenters. The molecule has 0 aliphatic rings. The molecule has 2 rings (SSSR count). The van der Waals surface area contributed by atoms with Gasteiger partial charge in [-0.25, -0.2) is 4.68 Å². The quantitative estimate of drug-likeness (QED) is 0.905. The van der Waals surface area contributed by atoms with E-state index >= 15 is 0 Å². The van der Waals surface area contributed by atoms with Gasteiger partial charge < -0.3 is 11.1 Å². The van der Waals surface area contributed by atoms with E-state index in [2.05, 4.69) is 10.4 Å². The fourth-order valence-electron chi connectivity index (χ4n) is 2.08. The predicted molar refractivity (Wildman–Crippen MR) is 85.8 cm³/mol. The Bertz CT molecular complexity index is 622. The Balaban J connectivity index is 0.00000220. The highest BCUT2D eigenvalue weighted by Crippen LogP contribution is 2.16. The third-order valence-electron chi connectivity index (χ3n) is 3.10. The van der Waals surface area contributed by atoms with E-state index in [-0.39, 0.29) is 18.3 Å². The summed E-state index contributed by atoms with van der Waals surface area (Å²) in [4.78, 5) is 11.6. The van der Waals surface area contributed by atoms with E-state index in [9.17, 15) is 4.79 Å². The predicted octanol–water partition coefficient (Wildman–Crippen LogP) is 1.87. The molecule has 5 nitrogen and oxygen atoms in total. The van der Waals surface area contributed by atoms with Gasteiger partial charge in [0.2, 0.25) is 5.91 Å². The van der Waals surface area contributed by atoms with Crippen molar-refractivity contribution >= 4 is 18.3 Å². The van der Waals surface area contributed by atoms with Crippen molar-refractivity contribution in [2.45, 2.75) is 33.4 Å². The first-order chi connectivity index (χ1) is 9.49. The third kappa shape index (κ3) is 4.06. The molecule has 0 aliphatic carbocycles. The van der Waals surface area contributed by atoms with Gasteiger partial charge in [0.05, 0.1) is 17.4 Å². The molecular weight excluding hydrogens is 288 g/mol. The van der Waals surface area contributed by atoms with Crippen LogP contribution in [0.3, 0.4) is 0 Å². The molecule has 6 heteroatoms. The molecule has 1 aromatic carbocycles. The second-order valence-corrected chi connectivity index (χ2v) is 4.97. The first-order valence-electron chi connectivity index (χ1n) is 6.64. The zero-order valence-corrected chi connectivity index (χ0v) is 13.3. The van der Waals surface area contributed by atoms with Crippen LogP contribution >= 0.6 is 12.4 Å². The van der Waals surface area contributed by atoms with Crippen molar-refractivity contribution < 1.29 is 4.79 Å². The molecule has 21 heavy (non-hydrogen) atoms. The summed E-state index contributed by atoms with van der Waals surface area (Å²) in [7, 11) is 0. The van der Waals surface area contributed by atoms with Crippen LogP contribution in [0.1, 0.15) is 23.9 Å². The molecule has 0 fully saturated rings. The zero-order valence-electron chi connectivity index (χ0n) is 12.5. The number of para-hydroxylation sites is 1. The number of rotatable bonds is 4. The van der Waals surface area contributed by atoms with Gasteiger partial charge in [0.1, 0.15) is 0 Å². The van der Waals surface area contributed by atoms with Crippen molar-refractivity contribution in [3.8, 4) is 5.69 Å². The lowest BCUT2D eigenvalue weighted by atomic mass is 10.1. The minimum Gasteiger partial charge on any atom is -0.351 e. The van der Waals surface area contributed by atoms with E-state index in [1.54, 1.807) is 6.92 Å². The number of carbonyl (C=O) groups is 1. The van der Waals surface area contributed by atoms with Crippen LogP contribution in [0.15, 0.2) is 30.3 Å². The van der Waals surface area contributed by atoms with Crippen molar-refractivity contribution in [2.75, 3.05) is 0 Å². The number of aromatic nitrogens is 2. The van der Waals surface area contributed by atoms with Gasteiger partial charge in [-0.05, 0) is 38.5 Å². The summed E-state index contributed by atoms with van der Waals surface area (Å²) < 4.78 is 1.89. The largest absolute Gasteiger partial charge is 0.351 e. The van der Waals surface area contributed by atoms with Crippen molar-refractivity contribution in [3.05, 3.63) is 47.3 Å². The number of nitrogens with zero attached hydrogens (tertiary/aromatic N) is 2. The van der Waals surface area contributed by atoms with Gasteiger partial charge in [0.25, 0.3) is 0 Å². The number of nitrogens with two attached hydrogens (primary N) is 1. The number of amides is 1. The van der Waals surface area contributed by atoms with E-state index in [1.807, 2.05) is 48.9 Å². The Kier molecular flexibility index (Phi) is 5.93. The average Bonchev–Trinajstić information content (AvgIpc) is 2.75. The number of hydrogen-bond donors (Lipinski definition) is 2. The Labute approximate surface area is 130 Å². The summed E-state index contributed by atoms with van der Waals surface area (Å²) in [5.41, 5.74) is 9.56. The van der Waals surface area contributed by atoms with Crippen LogP contribution in [0.4, 0.5) is 0 Å². The van der Waals surface area contributed by atoms with Gasteiger partial charge in [0.15, 0.2) is 0 Å². The van der Waals surface area contributed by atoms with Crippen LogP contribution in [0.5, 0.6) is 0 Å².